The van der Waals surface area contributed by atoms with Crippen molar-refractivity contribution in [3.63, 3.8) is 0 Å². The maximum absolute atomic E-state index is 12.3. The molecule has 5 heteroatoms. The molecule has 0 radical (unpaired) electrons. The van der Waals surface area contributed by atoms with Crippen LogP contribution >= 0.6 is 0 Å². The van der Waals surface area contributed by atoms with Gasteiger partial charge in [-0.05, 0) is 52.1 Å². The molecule has 0 bridgehead atoms. The van der Waals surface area contributed by atoms with Gasteiger partial charge in [-0.2, -0.15) is 4.31 Å². The summed E-state index contributed by atoms with van der Waals surface area (Å²) in [5, 5.41) is 3.05. The van der Waals surface area contributed by atoms with Gasteiger partial charge in [0.15, 0.2) is 0 Å². The molecule has 1 fully saturated rings. The minimum absolute atomic E-state index is 0.183. The quantitative estimate of drug-likeness (QED) is 0.722. The van der Waals surface area contributed by atoms with Crippen molar-refractivity contribution in [2.75, 3.05) is 25.9 Å². The average molecular weight is 276 g/mol. The zero-order chi connectivity index (χ0) is 13.6. The van der Waals surface area contributed by atoms with Gasteiger partial charge in [-0.25, -0.2) is 8.42 Å². The highest BCUT2D eigenvalue weighted by atomic mass is 32.2. The molecule has 1 rings (SSSR count). The first-order chi connectivity index (χ1) is 8.51. The van der Waals surface area contributed by atoms with E-state index in [0.29, 0.717) is 11.7 Å². The van der Waals surface area contributed by atoms with E-state index in [9.17, 15) is 8.42 Å². The van der Waals surface area contributed by atoms with E-state index >= 15 is 0 Å². The summed E-state index contributed by atoms with van der Waals surface area (Å²) in [4.78, 5) is 0. The summed E-state index contributed by atoms with van der Waals surface area (Å²) < 4.78 is 26.4. The zero-order valence-corrected chi connectivity index (χ0v) is 12.8. The number of unbranched alkanes of at least 4 members (excludes halogenated alkanes) is 1. The molecule has 108 valence electrons. The van der Waals surface area contributed by atoms with Gasteiger partial charge in [-0.15, -0.1) is 0 Å². The first-order valence-corrected chi connectivity index (χ1v) is 8.76. The van der Waals surface area contributed by atoms with E-state index in [1.165, 1.54) is 6.42 Å². The molecule has 0 saturated carbocycles. The SMILES string of the molecule is CCC1CCC(C)N(S(=O)(=O)CCCCNC)C1. The maximum atomic E-state index is 12.3. The Kier molecular flexibility index (Phi) is 6.60. The molecule has 1 aliphatic rings. The van der Waals surface area contributed by atoms with Crippen molar-refractivity contribution < 1.29 is 8.42 Å². The Morgan fingerprint density at radius 3 is 2.61 bits per heavy atom. The lowest BCUT2D eigenvalue weighted by molar-refractivity contribution is 0.203. The standard InChI is InChI=1S/C13H28N2O2S/c1-4-13-8-7-12(2)15(11-13)18(16,17)10-6-5-9-14-3/h12-14H,4-11H2,1-3H3. The lowest BCUT2D eigenvalue weighted by Gasteiger charge is -2.36. The molecule has 1 aliphatic heterocycles. The number of hydrogen-bond acceptors (Lipinski definition) is 3. The number of sulfonamides is 1. The van der Waals surface area contributed by atoms with E-state index in [4.69, 9.17) is 0 Å². The smallest absolute Gasteiger partial charge is 0.214 e. The zero-order valence-electron chi connectivity index (χ0n) is 12.0. The summed E-state index contributed by atoms with van der Waals surface area (Å²) in [6.45, 7) is 5.81. The van der Waals surface area contributed by atoms with Gasteiger partial charge in [0, 0.05) is 12.6 Å². The van der Waals surface area contributed by atoms with Gasteiger partial charge >= 0.3 is 0 Å². The van der Waals surface area contributed by atoms with Gasteiger partial charge in [0.05, 0.1) is 5.75 Å². The van der Waals surface area contributed by atoms with Crippen LogP contribution in [-0.2, 0) is 10.0 Å². The Morgan fingerprint density at radius 2 is 2.00 bits per heavy atom. The molecule has 2 unspecified atom stereocenters. The fourth-order valence-electron chi connectivity index (χ4n) is 2.57. The van der Waals surface area contributed by atoms with Crippen molar-refractivity contribution in [3.8, 4) is 0 Å². The molecule has 4 nitrogen and oxygen atoms in total. The van der Waals surface area contributed by atoms with E-state index in [0.717, 1.165) is 38.8 Å². The summed E-state index contributed by atoms with van der Waals surface area (Å²) >= 11 is 0. The summed E-state index contributed by atoms with van der Waals surface area (Å²) in [7, 11) is -1.15. The minimum Gasteiger partial charge on any atom is -0.320 e. The van der Waals surface area contributed by atoms with Crippen molar-refractivity contribution in [2.24, 2.45) is 5.92 Å². The van der Waals surface area contributed by atoms with Gasteiger partial charge < -0.3 is 5.32 Å². The number of rotatable bonds is 7. The van der Waals surface area contributed by atoms with Gasteiger partial charge in [-0.3, -0.25) is 0 Å². The predicted octanol–water partition coefficient (Wildman–Crippen LogP) is 1.83. The monoisotopic (exact) mass is 276 g/mol. The fourth-order valence-corrected chi connectivity index (χ4v) is 4.47. The van der Waals surface area contributed by atoms with E-state index in [1.807, 2.05) is 14.0 Å². The summed E-state index contributed by atoms with van der Waals surface area (Å²) in [6, 6.07) is 0.183. The van der Waals surface area contributed by atoms with Crippen LogP contribution in [0.3, 0.4) is 0 Å². The predicted molar refractivity (Wildman–Crippen MR) is 76.1 cm³/mol. The van der Waals surface area contributed by atoms with Crippen LogP contribution in [0.5, 0.6) is 0 Å². The first-order valence-electron chi connectivity index (χ1n) is 7.15. The molecule has 1 heterocycles. The molecule has 2 atom stereocenters. The van der Waals surface area contributed by atoms with Gasteiger partial charge in [0.25, 0.3) is 0 Å². The normalized spacial score (nSPS) is 26.4. The highest BCUT2D eigenvalue weighted by molar-refractivity contribution is 7.89. The van der Waals surface area contributed by atoms with Crippen LogP contribution in [0.1, 0.15) is 46.0 Å². The van der Waals surface area contributed by atoms with Crippen LogP contribution in [0.4, 0.5) is 0 Å². The largest absolute Gasteiger partial charge is 0.320 e. The Labute approximate surface area is 112 Å². The van der Waals surface area contributed by atoms with Crippen LogP contribution in [0.25, 0.3) is 0 Å². The van der Waals surface area contributed by atoms with Crippen molar-refractivity contribution in [3.05, 3.63) is 0 Å². The van der Waals surface area contributed by atoms with Gasteiger partial charge in [0.1, 0.15) is 0 Å². The number of nitrogens with zero attached hydrogens (tertiary/aromatic N) is 1. The molecule has 18 heavy (non-hydrogen) atoms. The molecule has 0 aromatic rings. The van der Waals surface area contributed by atoms with Crippen molar-refractivity contribution >= 4 is 10.0 Å². The second-order valence-corrected chi connectivity index (χ2v) is 7.44. The highest BCUT2D eigenvalue weighted by Crippen LogP contribution is 2.26. The second kappa shape index (κ2) is 7.46. The van der Waals surface area contributed by atoms with Crippen LogP contribution < -0.4 is 5.32 Å². The third kappa shape index (κ3) is 4.52. The third-order valence-corrected chi connectivity index (χ3v) is 5.96. The van der Waals surface area contributed by atoms with E-state index in [1.54, 1.807) is 4.31 Å². The topological polar surface area (TPSA) is 49.4 Å². The van der Waals surface area contributed by atoms with E-state index in [-0.39, 0.29) is 6.04 Å². The Balaban J connectivity index is 2.53. The van der Waals surface area contributed by atoms with Gasteiger partial charge in [0.2, 0.25) is 10.0 Å². The third-order valence-electron chi connectivity index (χ3n) is 3.94. The Hall–Kier alpha value is -0.130. The van der Waals surface area contributed by atoms with Gasteiger partial charge in [-0.1, -0.05) is 13.3 Å². The van der Waals surface area contributed by atoms with E-state index < -0.39 is 10.0 Å². The van der Waals surface area contributed by atoms with Crippen LogP contribution in [-0.4, -0.2) is 44.7 Å². The van der Waals surface area contributed by atoms with Crippen molar-refractivity contribution in [1.82, 2.24) is 9.62 Å². The number of hydrogen-bond donors (Lipinski definition) is 1. The Bertz CT molecular complexity index is 330. The van der Waals surface area contributed by atoms with Crippen molar-refractivity contribution in [2.45, 2.75) is 52.0 Å². The second-order valence-electron chi connectivity index (χ2n) is 5.40. The fraction of sp³-hybridized carbons (Fsp3) is 1.00. The maximum Gasteiger partial charge on any atom is 0.214 e. The average Bonchev–Trinajstić information content (AvgIpc) is 2.35. The molecule has 0 aromatic carbocycles. The van der Waals surface area contributed by atoms with Crippen LogP contribution in [0, 0.1) is 5.92 Å². The van der Waals surface area contributed by atoms with Crippen molar-refractivity contribution in [1.29, 1.82) is 0 Å². The molecule has 0 spiro atoms. The Morgan fingerprint density at radius 1 is 1.28 bits per heavy atom. The highest BCUT2D eigenvalue weighted by Gasteiger charge is 2.32. The molecule has 1 N–H and O–H groups in total. The molecule has 0 aliphatic carbocycles. The lowest BCUT2D eigenvalue weighted by Crippen LogP contribution is -2.46. The van der Waals surface area contributed by atoms with Crippen LogP contribution in [0.2, 0.25) is 0 Å². The number of piperidine rings is 1. The first kappa shape index (κ1) is 15.9. The minimum atomic E-state index is -3.05. The lowest BCUT2D eigenvalue weighted by atomic mass is 9.93. The summed E-state index contributed by atoms with van der Waals surface area (Å²) in [5.74, 6) is 0.850. The molecule has 1 saturated heterocycles. The number of nitrogens with one attached hydrogen (secondary N) is 1. The van der Waals surface area contributed by atoms with Crippen LogP contribution in [0.15, 0.2) is 0 Å². The molecule has 0 aromatic heterocycles. The molecule has 0 amide bonds. The summed E-state index contributed by atoms with van der Waals surface area (Å²) in [6.07, 6.45) is 4.94. The molecular weight excluding hydrogens is 248 g/mol. The van der Waals surface area contributed by atoms with E-state index in [2.05, 4.69) is 12.2 Å². The molecular formula is C13H28N2O2S. The summed E-state index contributed by atoms with van der Waals surface area (Å²) in [5.41, 5.74) is 0.